The number of amides is 2. The summed E-state index contributed by atoms with van der Waals surface area (Å²) >= 11 is 1.59. The molecular formula is C17H23N5OS. The van der Waals surface area contributed by atoms with E-state index in [0.29, 0.717) is 17.6 Å². The highest BCUT2D eigenvalue weighted by molar-refractivity contribution is 7.16. The molecule has 0 unspecified atom stereocenters. The zero-order valence-electron chi connectivity index (χ0n) is 14.3. The van der Waals surface area contributed by atoms with Crippen molar-refractivity contribution in [1.82, 2.24) is 20.1 Å². The third-order valence-electron chi connectivity index (χ3n) is 4.96. The van der Waals surface area contributed by atoms with Crippen LogP contribution in [0.3, 0.4) is 0 Å². The van der Waals surface area contributed by atoms with Crippen LogP contribution < -0.4 is 10.6 Å². The predicted octanol–water partition coefficient (Wildman–Crippen LogP) is 3.30. The monoisotopic (exact) mass is 345 g/mol. The number of aryl methyl sites for hydroxylation is 2. The molecule has 6 nitrogen and oxygen atoms in total. The quantitative estimate of drug-likeness (QED) is 0.893. The van der Waals surface area contributed by atoms with Gasteiger partial charge in [0.2, 0.25) is 0 Å². The Balaban J connectivity index is 1.36. The molecule has 1 fully saturated rings. The maximum absolute atomic E-state index is 12.2. The molecule has 0 aromatic carbocycles. The standard InChI is InChI=1S/C17H23N5OS/c1-17(2)7-6-13-14(17)19-16(24-13)20-15(23)18-9-11-8-12(10-4-5-10)21-22(11)3/h8,10H,4-7,9H2,1-3H3,(H2,18,19,20,23). The van der Waals surface area contributed by atoms with Crippen LogP contribution in [-0.2, 0) is 25.4 Å². The first-order valence-corrected chi connectivity index (χ1v) is 9.32. The van der Waals surface area contributed by atoms with E-state index < -0.39 is 0 Å². The Bertz CT molecular complexity index is 787. The highest BCUT2D eigenvalue weighted by Gasteiger charge is 2.34. The summed E-state index contributed by atoms with van der Waals surface area (Å²) in [7, 11) is 1.92. The van der Waals surface area contributed by atoms with Gasteiger partial charge < -0.3 is 5.32 Å². The van der Waals surface area contributed by atoms with Gasteiger partial charge in [0.15, 0.2) is 5.13 Å². The number of carbonyl (C=O) groups is 1. The molecule has 0 atom stereocenters. The van der Waals surface area contributed by atoms with Gasteiger partial charge in [-0.2, -0.15) is 5.10 Å². The Morgan fingerprint density at radius 2 is 2.25 bits per heavy atom. The van der Waals surface area contributed by atoms with Gasteiger partial charge in [0.25, 0.3) is 0 Å². The third kappa shape index (κ3) is 2.92. The highest BCUT2D eigenvalue weighted by atomic mass is 32.1. The summed E-state index contributed by atoms with van der Waals surface area (Å²) in [6, 6.07) is 1.88. The Hall–Kier alpha value is -1.89. The van der Waals surface area contributed by atoms with Crippen molar-refractivity contribution in [2.45, 2.75) is 57.4 Å². The molecule has 0 spiro atoms. The third-order valence-corrected chi connectivity index (χ3v) is 5.99. The molecule has 2 aliphatic carbocycles. The van der Waals surface area contributed by atoms with Gasteiger partial charge in [-0.15, -0.1) is 11.3 Å². The minimum atomic E-state index is -0.214. The number of aromatic nitrogens is 3. The van der Waals surface area contributed by atoms with E-state index in [4.69, 9.17) is 0 Å². The molecule has 4 rings (SSSR count). The zero-order chi connectivity index (χ0) is 16.9. The summed E-state index contributed by atoms with van der Waals surface area (Å²) in [4.78, 5) is 18.1. The Morgan fingerprint density at radius 3 is 2.96 bits per heavy atom. The molecule has 1 saturated carbocycles. The number of nitrogens with one attached hydrogen (secondary N) is 2. The molecule has 2 N–H and O–H groups in total. The predicted molar refractivity (Wildman–Crippen MR) is 94.5 cm³/mol. The lowest BCUT2D eigenvalue weighted by atomic mass is 9.91. The van der Waals surface area contributed by atoms with E-state index >= 15 is 0 Å². The summed E-state index contributed by atoms with van der Waals surface area (Å²) in [6.07, 6.45) is 4.66. The van der Waals surface area contributed by atoms with E-state index in [9.17, 15) is 4.79 Å². The second-order valence-electron chi connectivity index (χ2n) is 7.44. The minimum absolute atomic E-state index is 0.121. The Kier molecular flexibility index (Phi) is 3.63. The largest absolute Gasteiger partial charge is 0.332 e. The zero-order valence-corrected chi connectivity index (χ0v) is 15.2. The highest BCUT2D eigenvalue weighted by Crippen LogP contribution is 2.42. The number of thiazole rings is 1. The molecule has 0 radical (unpaired) electrons. The van der Waals surface area contributed by atoms with Crippen molar-refractivity contribution in [1.29, 1.82) is 0 Å². The van der Waals surface area contributed by atoms with Gasteiger partial charge in [-0.3, -0.25) is 10.00 Å². The number of hydrogen-bond acceptors (Lipinski definition) is 4. The smallest absolute Gasteiger partial charge is 0.321 e. The van der Waals surface area contributed by atoms with Crippen molar-refractivity contribution < 1.29 is 4.79 Å². The topological polar surface area (TPSA) is 71.8 Å². The van der Waals surface area contributed by atoms with Crippen LogP contribution in [0.5, 0.6) is 0 Å². The maximum Gasteiger partial charge on any atom is 0.321 e. The van der Waals surface area contributed by atoms with Gasteiger partial charge in [-0.05, 0) is 31.7 Å². The number of hydrogen-bond donors (Lipinski definition) is 2. The van der Waals surface area contributed by atoms with Gasteiger partial charge in [0, 0.05) is 23.3 Å². The minimum Gasteiger partial charge on any atom is -0.332 e. The summed E-state index contributed by atoms with van der Waals surface area (Å²) in [5, 5.41) is 11.0. The van der Waals surface area contributed by atoms with Crippen LogP contribution in [0, 0.1) is 0 Å². The Morgan fingerprint density at radius 1 is 1.46 bits per heavy atom. The molecule has 0 saturated heterocycles. The van der Waals surface area contributed by atoms with Crippen LogP contribution in [0.15, 0.2) is 6.07 Å². The van der Waals surface area contributed by atoms with Gasteiger partial charge in [0.05, 0.1) is 23.6 Å². The number of fused-ring (bicyclic) bond motifs is 1. The molecule has 24 heavy (non-hydrogen) atoms. The molecule has 7 heteroatoms. The van der Waals surface area contributed by atoms with Crippen molar-refractivity contribution >= 4 is 22.5 Å². The van der Waals surface area contributed by atoms with Crippen molar-refractivity contribution in [3.63, 3.8) is 0 Å². The SMILES string of the molecule is Cn1nc(C2CC2)cc1CNC(=O)Nc1nc2c(s1)CCC2(C)C. The van der Waals surface area contributed by atoms with Gasteiger partial charge >= 0.3 is 6.03 Å². The second kappa shape index (κ2) is 5.58. The summed E-state index contributed by atoms with van der Waals surface area (Å²) in [5.74, 6) is 0.625. The fourth-order valence-corrected chi connectivity index (χ4v) is 4.37. The van der Waals surface area contributed by atoms with E-state index in [1.807, 2.05) is 11.7 Å². The Labute approximate surface area is 145 Å². The molecule has 0 aliphatic heterocycles. The number of urea groups is 1. The maximum atomic E-state index is 12.2. The van der Waals surface area contributed by atoms with Gasteiger partial charge in [-0.1, -0.05) is 13.8 Å². The molecule has 128 valence electrons. The van der Waals surface area contributed by atoms with E-state index in [1.165, 1.54) is 17.7 Å². The van der Waals surface area contributed by atoms with Crippen LogP contribution in [-0.4, -0.2) is 20.8 Å². The number of rotatable bonds is 4. The first kappa shape index (κ1) is 15.6. The molecule has 2 heterocycles. The molecule has 2 aromatic rings. The van der Waals surface area contributed by atoms with E-state index in [0.717, 1.165) is 29.9 Å². The van der Waals surface area contributed by atoms with Crippen LogP contribution >= 0.6 is 11.3 Å². The summed E-state index contributed by atoms with van der Waals surface area (Å²) in [5.41, 5.74) is 3.43. The number of carbonyl (C=O) groups excluding carboxylic acids is 1. The second-order valence-corrected chi connectivity index (χ2v) is 8.52. The first-order valence-electron chi connectivity index (χ1n) is 8.50. The van der Waals surface area contributed by atoms with Crippen LogP contribution in [0.2, 0.25) is 0 Å². The molecule has 2 aliphatic rings. The average Bonchev–Trinajstić information content (AvgIpc) is 3.10. The van der Waals surface area contributed by atoms with Crippen LogP contribution in [0.1, 0.15) is 61.0 Å². The molecule has 2 aromatic heterocycles. The average molecular weight is 345 g/mol. The van der Waals surface area contributed by atoms with E-state index in [2.05, 4.69) is 40.6 Å². The van der Waals surface area contributed by atoms with Crippen LogP contribution in [0.25, 0.3) is 0 Å². The number of anilines is 1. The summed E-state index contributed by atoms with van der Waals surface area (Å²) in [6.45, 7) is 4.89. The lowest BCUT2D eigenvalue weighted by Gasteiger charge is -2.15. The van der Waals surface area contributed by atoms with Gasteiger partial charge in [-0.25, -0.2) is 9.78 Å². The molecule has 0 bridgehead atoms. The van der Waals surface area contributed by atoms with Crippen molar-refractivity contribution in [2.75, 3.05) is 5.32 Å². The van der Waals surface area contributed by atoms with E-state index in [-0.39, 0.29) is 11.4 Å². The lowest BCUT2D eigenvalue weighted by Crippen LogP contribution is -2.29. The van der Waals surface area contributed by atoms with Crippen molar-refractivity contribution in [3.8, 4) is 0 Å². The van der Waals surface area contributed by atoms with Crippen LogP contribution in [0.4, 0.5) is 9.93 Å². The lowest BCUT2D eigenvalue weighted by molar-refractivity contribution is 0.251. The molecule has 2 amide bonds. The first-order chi connectivity index (χ1) is 11.4. The van der Waals surface area contributed by atoms with Gasteiger partial charge in [0.1, 0.15) is 0 Å². The summed E-state index contributed by atoms with van der Waals surface area (Å²) < 4.78 is 1.86. The fraction of sp³-hybridized carbons (Fsp3) is 0.588. The van der Waals surface area contributed by atoms with Crippen molar-refractivity contribution in [2.24, 2.45) is 7.05 Å². The fourth-order valence-electron chi connectivity index (χ4n) is 3.23. The van der Waals surface area contributed by atoms with Crippen molar-refractivity contribution in [3.05, 3.63) is 28.0 Å². The molecular weight excluding hydrogens is 322 g/mol. The number of nitrogens with zero attached hydrogens (tertiary/aromatic N) is 3. The normalized spacial score (nSPS) is 18.5. The van der Waals surface area contributed by atoms with E-state index in [1.54, 1.807) is 11.3 Å².